The molecule has 0 aliphatic rings. The van der Waals surface area contributed by atoms with Crippen molar-refractivity contribution in [3.8, 4) is 0 Å². The van der Waals surface area contributed by atoms with E-state index in [0.29, 0.717) is 13.2 Å². The molecule has 0 aliphatic carbocycles. The van der Waals surface area contributed by atoms with Crippen LogP contribution in [0.5, 0.6) is 0 Å². The molecule has 1 aromatic rings. The SMILES string of the molecule is CCCOCCNCCn1c[c]nc1C(N)=O. The molecule has 0 atom stereocenters. The monoisotopic (exact) mass is 239 g/mol. The second-order valence-corrected chi connectivity index (χ2v) is 3.61. The molecule has 0 saturated carbocycles. The number of nitrogens with two attached hydrogens (primary N) is 1. The van der Waals surface area contributed by atoms with E-state index in [0.717, 1.165) is 26.1 Å². The Morgan fingerprint density at radius 2 is 2.41 bits per heavy atom. The highest BCUT2D eigenvalue weighted by atomic mass is 16.5. The maximum Gasteiger partial charge on any atom is 0.284 e. The number of imidazole rings is 1. The Morgan fingerprint density at radius 1 is 1.59 bits per heavy atom. The minimum absolute atomic E-state index is 0.244. The van der Waals surface area contributed by atoms with Gasteiger partial charge in [-0.1, -0.05) is 6.92 Å². The molecule has 6 heteroatoms. The summed E-state index contributed by atoms with van der Waals surface area (Å²) in [5, 5.41) is 3.21. The first-order valence-corrected chi connectivity index (χ1v) is 5.77. The summed E-state index contributed by atoms with van der Waals surface area (Å²) in [5.41, 5.74) is 5.16. The predicted molar refractivity (Wildman–Crippen MR) is 63.6 cm³/mol. The molecule has 1 radical (unpaired) electrons. The van der Waals surface area contributed by atoms with Crippen LogP contribution in [0.1, 0.15) is 24.0 Å². The highest BCUT2D eigenvalue weighted by molar-refractivity contribution is 5.89. The minimum Gasteiger partial charge on any atom is -0.380 e. The number of nitrogens with zero attached hydrogens (tertiary/aromatic N) is 2. The van der Waals surface area contributed by atoms with Gasteiger partial charge in [-0.2, -0.15) is 0 Å². The van der Waals surface area contributed by atoms with Gasteiger partial charge in [-0.15, -0.1) is 0 Å². The Labute approximate surface area is 101 Å². The van der Waals surface area contributed by atoms with E-state index >= 15 is 0 Å². The zero-order valence-electron chi connectivity index (χ0n) is 10.1. The van der Waals surface area contributed by atoms with Crippen LogP contribution in [0.3, 0.4) is 0 Å². The Bertz CT molecular complexity index is 338. The molecule has 1 rings (SSSR count). The van der Waals surface area contributed by atoms with Gasteiger partial charge in [-0.25, -0.2) is 4.98 Å². The molecule has 0 aliphatic heterocycles. The van der Waals surface area contributed by atoms with Crippen molar-refractivity contribution in [1.29, 1.82) is 0 Å². The first-order valence-electron chi connectivity index (χ1n) is 5.77. The lowest BCUT2D eigenvalue weighted by Gasteiger charge is -2.07. The van der Waals surface area contributed by atoms with E-state index in [9.17, 15) is 4.79 Å². The molecular formula is C11H19N4O2. The third-order valence-corrected chi connectivity index (χ3v) is 2.18. The topological polar surface area (TPSA) is 82.2 Å². The van der Waals surface area contributed by atoms with E-state index in [-0.39, 0.29) is 5.82 Å². The highest BCUT2D eigenvalue weighted by Gasteiger charge is 2.07. The summed E-state index contributed by atoms with van der Waals surface area (Å²) in [5.74, 6) is -0.286. The zero-order valence-corrected chi connectivity index (χ0v) is 10.1. The van der Waals surface area contributed by atoms with E-state index in [1.807, 2.05) is 0 Å². The number of primary amides is 1. The molecule has 0 saturated heterocycles. The van der Waals surface area contributed by atoms with Crippen molar-refractivity contribution in [1.82, 2.24) is 14.9 Å². The van der Waals surface area contributed by atoms with Crippen molar-refractivity contribution in [3.63, 3.8) is 0 Å². The number of amides is 1. The largest absolute Gasteiger partial charge is 0.380 e. The fourth-order valence-corrected chi connectivity index (χ4v) is 1.37. The van der Waals surface area contributed by atoms with Crippen molar-refractivity contribution in [2.75, 3.05) is 26.3 Å². The summed E-state index contributed by atoms with van der Waals surface area (Å²) in [7, 11) is 0. The normalized spacial score (nSPS) is 10.6. The number of hydrogen-bond acceptors (Lipinski definition) is 4. The molecule has 0 unspecified atom stereocenters. The Balaban J connectivity index is 2.14. The lowest BCUT2D eigenvalue weighted by molar-refractivity contribution is 0.0986. The van der Waals surface area contributed by atoms with Crippen LogP contribution in [0.4, 0.5) is 0 Å². The molecule has 0 fully saturated rings. The number of hydrogen-bond donors (Lipinski definition) is 2. The van der Waals surface area contributed by atoms with Crippen LogP contribution in [0.25, 0.3) is 0 Å². The standard InChI is InChI=1S/C11H19N4O2/c1-2-8-17-9-5-13-3-6-15-7-4-14-11(15)10(12)16/h7,13H,2-3,5-6,8-9H2,1H3,(H2,12,16). The number of rotatable bonds is 9. The minimum atomic E-state index is -0.530. The third-order valence-electron chi connectivity index (χ3n) is 2.18. The van der Waals surface area contributed by atoms with E-state index in [2.05, 4.69) is 23.4 Å². The summed E-state index contributed by atoms with van der Waals surface area (Å²) in [6.07, 6.45) is 5.26. The van der Waals surface area contributed by atoms with Gasteiger partial charge in [0.05, 0.1) is 6.61 Å². The van der Waals surface area contributed by atoms with Crippen molar-refractivity contribution in [2.45, 2.75) is 19.9 Å². The van der Waals surface area contributed by atoms with Crippen LogP contribution >= 0.6 is 0 Å². The molecule has 6 nitrogen and oxygen atoms in total. The average Bonchev–Trinajstić information content (AvgIpc) is 2.76. The predicted octanol–water partition coefficient (Wildman–Crippen LogP) is -0.202. The second kappa shape index (κ2) is 7.81. The molecule has 1 heterocycles. The van der Waals surface area contributed by atoms with Gasteiger partial charge in [0, 0.05) is 32.4 Å². The van der Waals surface area contributed by atoms with Gasteiger partial charge in [0.2, 0.25) is 0 Å². The number of carbonyl (C=O) groups excluding carboxylic acids is 1. The van der Waals surface area contributed by atoms with Crippen molar-refractivity contribution < 1.29 is 9.53 Å². The molecular weight excluding hydrogens is 220 g/mol. The van der Waals surface area contributed by atoms with Crippen molar-refractivity contribution in [2.24, 2.45) is 5.73 Å². The van der Waals surface area contributed by atoms with Crippen LogP contribution in [-0.4, -0.2) is 41.8 Å². The molecule has 3 N–H and O–H groups in total. The summed E-state index contributed by atoms with van der Waals surface area (Å²) in [6, 6.07) is 0. The number of aromatic nitrogens is 2. The number of carbonyl (C=O) groups is 1. The maximum atomic E-state index is 11.0. The fourth-order valence-electron chi connectivity index (χ4n) is 1.37. The van der Waals surface area contributed by atoms with Gasteiger partial charge < -0.3 is 20.4 Å². The van der Waals surface area contributed by atoms with Gasteiger partial charge in [-0.05, 0) is 6.42 Å². The quantitative estimate of drug-likeness (QED) is 0.585. The van der Waals surface area contributed by atoms with Crippen molar-refractivity contribution >= 4 is 5.91 Å². The van der Waals surface area contributed by atoms with Crippen LogP contribution in [0.15, 0.2) is 6.20 Å². The molecule has 17 heavy (non-hydrogen) atoms. The summed E-state index contributed by atoms with van der Waals surface area (Å²) >= 11 is 0. The van der Waals surface area contributed by atoms with Crippen LogP contribution in [0.2, 0.25) is 0 Å². The smallest absolute Gasteiger partial charge is 0.284 e. The molecule has 95 valence electrons. The summed E-state index contributed by atoms with van der Waals surface area (Å²) in [6.45, 7) is 5.75. The zero-order chi connectivity index (χ0) is 12.5. The van der Waals surface area contributed by atoms with Gasteiger partial charge in [0.15, 0.2) is 5.82 Å². The van der Waals surface area contributed by atoms with Gasteiger partial charge in [-0.3, -0.25) is 4.79 Å². The lowest BCUT2D eigenvalue weighted by atomic mass is 10.5. The van der Waals surface area contributed by atoms with E-state index in [1.54, 1.807) is 10.8 Å². The fraction of sp³-hybridized carbons (Fsp3) is 0.636. The third kappa shape index (κ3) is 4.97. The Morgan fingerprint density at radius 3 is 3.12 bits per heavy atom. The molecule has 0 spiro atoms. The Hall–Kier alpha value is -1.40. The van der Waals surface area contributed by atoms with Gasteiger partial charge in [0.1, 0.15) is 6.20 Å². The molecule has 0 aromatic carbocycles. The van der Waals surface area contributed by atoms with E-state index in [1.165, 1.54) is 0 Å². The second-order valence-electron chi connectivity index (χ2n) is 3.61. The number of nitrogens with one attached hydrogen (secondary N) is 1. The maximum absolute atomic E-state index is 11.0. The first kappa shape index (κ1) is 13.7. The highest BCUT2D eigenvalue weighted by Crippen LogP contribution is 1.94. The van der Waals surface area contributed by atoms with Crippen LogP contribution < -0.4 is 11.1 Å². The van der Waals surface area contributed by atoms with Crippen molar-refractivity contribution in [3.05, 3.63) is 18.2 Å². The lowest BCUT2D eigenvalue weighted by Crippen LogP contribution is -2.26. The Kier molecular flexibility index (Phi) is 6.27. The molecule has 1 amide bonds. The average molecular weight is 239 g/mol. The van der Waals surface area contributed by atoms with Gasteiger partial charge in [0.25, 0.3) is 5.91 Å². The number of ether oxygens (including phenoxy) is 1. The van der Waals surface area contributed by atoms with Crippen LogP contribution in [0, 0.1) is 6.20 Å². The summed E-state index contributed by atoms with van der Waals surface area (Å²) < 4.78 is 7.00. The van der Waals surface area contributed by atoms with Gasteiger partial charge >= 0.3 is 0 Å². The van der Waals surface area contributed by atoms with E-state index in [4.69, 9.17) is 10.5 Å². The molecule has 1 aromatic heterocycles. The van der Waals surface area contributed by atoms with E-state index < -0.39 is 5.91 Å². The molecule has 0 bridgehead atoms. The summed E-state index contributed by atoms with van der Waals surface area (Å²) in [4.78, 5) is 14.7. The van der Waals surface area contributed by atoms with Crippen LogP contribution in [-0.2, 0) is 11.3 Å². The first-order chi connectivity index (χ1) is 8.25.